The van der Waals surface area contributed by atoms with Gasteiger partial charge in [0.15, 0.2) is 0 Å². The van der Waals surface area contributed by atoms with E-state index in [1.807, 2.05) is 0 Å². The molecule has 112 valence electrons. The zero-order chi connectivity index (χ0) is 16.1. The van der Waals surface area contributed by atoms with Gasteiger partial charge >= 0.3 is 0 Å². The van der Waals surface area contributed by atoms with Crippen molar-refractivity contribution in [1.29, 1.82) is 0 Å². The predicted molar refractivity (Wildman–Crippen MR) is 81.3 cm³/mol. The number of phenolic OH excluding ortho intramolecular Hbond substituents is 1. The van der Waals surface area contributed by atoms with Gasteiger partial charge in [-0.15, -0.1) is 0 Å². The topological polar surface area (TPSA) is 105 Å². The molecule has 1 amide bonds. The molecule has 0 unspecified atom stereocenters. The van der Waals surface area contributed by atoms with Crippen LogP contribution in [-0.4, -0.2) is 22.2 Å². The van der Waals surface area contributed by atoms with Gasteiger partial charge in [0.2, 0.25) is 0 Å². The summed E-state index contributed by atoms with van der Waals surface area (Å²) >= 11 is 5.69. The van der Waals surface area contributed by atoms with E-state index >= 15 is 0 Å². The Hall–Kier alpha value is -2.93. The Kier molecular flexibility index (Phi) is 4.70. The molecular weight excluding hydrogens is 310 g/mol. The van der Waals surface area contributed by atoms with Crippen molar-refractivity contribution in [2.24, 2.45) is 5.10 Å². The van der Waals surface area contributed by atoms with Crippen LogP contribution in [0.2, 0.25) is 5.02 Å². The second kappa shape index (κ2) is 6.68. The zero-order valence-corrected chi connectivity index (χ0v) is 11.8. The summed E-state index contributed by atoms with van der Waals surface area (Å²) in [5.41, 5.74) is 2.65. The quantitative estimate of drug-likeness (QED) is 0.513. The minimum atomic E-state index is -0.606. The molecule has 2 rings (SSSR count). The van der Waals surface area contributed by atoms with Crippen LogP contribution in [0.3, 0.4) is 0 Å². The number of carbonyl (C=O) groups is 1. The summed E-state index contributed by atoms with van der Waals surface area (Å²) in [5.74, 6) is -0.555. The van der Waals surface area contributed by atoms with E-state index in [0.717, 1.165) is 0 Å². The van der Waals surface area contributed by atoms with Gasteiger partial charge in [-0.25, -0.2) is 5.43 Å². The van der Waals surface area contributed by atoms with E-state index in [4.69, 9.17) is 11.6 Å². The number of nitro benzene ring substituents is 1. The molecule has 0 atom stereocenters. The van der Waals surface area contributed by atoms with E-state index in [1.54, 1.807) is 0 Å². The van der Waals surface area contributed by atoms with Crippen LogP contribution in [0, 0.1) is 10.1 Å². The lowest BCUT2D eigenvalue weighted by atomic mass is 10.2. The third-order valence-corrected chi connectivity index (χ3v) is 2.97. The SMILES string of the molecule is O=C(N/N=C/c1ccc(Cl)c([N+](=O)[O-])c1)c1cccc(O)c1. The van der Waals surface area contributed by atoms with Crippen LogP contribution in [0.25, 0.3) is 0 Å². The highest BCUT2D eigenvalue weighted by molar-refractivity contribution is 6.32. The van der Waals surface area contributed by atoms with Gasteiger partial charge in [0.25, 0.3) is 11.6 Å². The molecule has 0 aromatic heterocycles. The number of phenols is 1. The molecule has 0 aliphatic carbocycles. The molecular formula is C14H10ClN3O4. The van der Waals surface area contributed by atoms with Crippen molar-refractivity contribution in [2.45, 2.75) is 0 Å². The molecule has 0 bridgehead atoms. The van der Waals surface area contributed by atoms with Crippen LogP contribution >= 0.6 is 11.6 Å². The monoisotopic (exact) mass is 319 g/mol. The van der Waals surface area contributed by atoms with Gasteiger partial charge in [-0.2, -0.15) is 5.10 Å². The van der Waals surface area contributed by atoms with Crippen molar-refractivity contribution in [1.82, 2.24) is 5.43 Å². The molecule has 7 nitrogen and oxygen atoms in total. The van der Waals surface area contributed by atoms with E-state index in [9.17, 15) is 20.0 Å². The predicted octanol–water partition coefficient (Wildman–Crippen LogP) is 2.72. The summed E-state index contributed by atoms with van der Waals surface area (Å²) in [6, 6.07) is 9.91. The Bertz CT molecular complexity index is 762. The van der Waals surface area contributed by atoms with E-state index in [-0.39, 0.29) is 22.0 Å². The Morgan fingerprint density at radius 2 is 2.09 bits per heavy atom. The number of halogens is 1. The molecule has 0 aliphatic heterocycles. The highest BCUT2D eigenvalue weighted by Gasteiger charge is 2.12. The molecule has 2 N–H and O–H groups in total. The normalized spacial score (nSPS) is 10.6. The number of nitrogens with one attached hydrogen (secondary N) is 1. The number of carbonyl (C=O) groups excluding carboxylic acids is 1. The van der Waals surface area contributed by atoms with Crippen LogP contribution in [0.15, 0.2) is 47.6 Å². The molecule has 0 aliphatic rings. The fraction of sp³-hybridized carbons (Fsp3) is 0. The first kappa shape index (κ1) is 15.5. The third-order valence-electron chi connectivity index (χ3n) is 2.65. The van der Waals surface area contributed by atoms with Crippen LogP contribution in [-0.2, 0) is 0 Å². The van der Waals surface area contributed by atoms with Crippen molar-refractivity contribution in [3.63, 3.8) is 0 Å². The van der Waals surface area contributed by atoms with Gasteiger partial charge in [0.1, 0.15) is 10.8 Å². The second-order valence-electron chi connectivity index (χ2n) is 4.22. The van der Waals surface area contributed by atoms with Gasteiger partial charge in [-0.3, -0.25) is 14.9 Å². The number of amides is 1. The van der Waals surface area contributed by atoms with Gasteiger partial charge in [0.05, 0.1) is 11.1 Å². The van der Waals surface area contributed by atoms with Crippen LogP contribution < -0.4 is 5.43 Å². The molecule has 0 spiro atoms. The van der Waals surface area contributed by atoms with Gasteiger partial charge in [-0.1, -0.05) is 23.7 Å². The lowest BCUT2D eigenvalue weighted by molar-refractivity contribution is -0.384. The smallest absolute Gasteiger partial charge is 0.288 e. The van der Waals surface area contributed by atoms with E-state index in [0.29, 0.717) is 5.56 Å². The van der Waals surface area contributed by atoms with E-state index in [2.05, 4.69) is 10.5 Å². The summed E-state index contributed by atoms with van der Waals surface area (Å²) < 4.78 is 0. The number of hydrogen-bond acceptors (Lipinski definition) is 5. The van der Waals surface area contributed by atoms with Crippen molar-refractivity contribution in [2.75, 3.05) is 0 Å². The van der Waals surface area contributed by atoms with Gasteiger partial charge in [0, 0.05) is 17.2 Å². The Labute approximate surface area is 130 Å². The lowest BCUT2D eigenvalue weighted by Gasteiger charge is -2.00. The number of aromatic hydroxyl groups is 1. The van der Waals surface area contributed by atoms with Crippen LogP contribution in [0.1, 0.15) is 15.9 Å². The highest BCUT2D eigenvalue weighted by Crippen LogP contribution is 2.24. The maximum atomic E-state index is 11.8. The molecule has 0 heterocycles. The lowest BCUT2D eigenvalue weighted by Crippen LogP contribution is -2.17. The second-order valence-corrected chi connectivity index (χ2v) is 4.62. The van der Waals surface area contributed by atoms with Crippen molar-refractivity contribution < 1.29 is 14.8 Å². The summed E-state index contributed by atoms with van der Waals surface area (Å²) in [4.78, 5) is 21.9. The summed E-state index contributed by atoms with van der Waals surface area (Å²) in [7, 11) is 0. The van der Waals surface area contributed by atoms with Gasteiger partial charge < -0.3 is 5.11 Å². The van der Waals surface area contributed by atoms with Gasteiger partial charge in [-0.05, 0) is 24.3 Å². The van der Waals surface area contributed by atoms with Crippen molar-refractivity contribution in [3.8, 4) is 5.75 Å². The van der Waals surface area contributed by atoms with E-state index < -0.39 is 10.8 Å². The molecule has 22 heavy (non-hydrogen) atoms. The molecule has 0 saturated heterocycles. The largest absolute Gasteiger partial charge is 0.508 e. The molecule has 2 aromatic rings. The zero-order valence-electron chi connectivity index (χ0n) is 11.1. The molecule has 0 saturated carbocycles. The highest BCUT2D eigenvalue weighted by atomic mass is 35.5. The summed E-state index contributed by atoms with van der Waals surface area (Å²) in [5, 5.41) is 23.8. The Morgan fingerprint density at radius 1 is 1.32 bits per heavy atom. The standard InChI is InChI=1S/C14H10ClN3O4/c15-12-5-4-9(6-13(12)18(21)22)8-16-17-14(20)10-2-1-3-11(19)7-10/h1-8,19H,(H,17,20)/b16-8+. The number of nitro groups is 1. The van der Waals surface area contributed by atoms with E-state index in [1.165, 1.54) is 48.7 Å². The average molecular weight is 320 g/mol. The number of rotatable bonds is 4. The summed E-state index contributed by atoms with van der Waals surface area (Å²) in [6.07, 6.45) is 1.25. The number of nitrogens with zero attached hydrogens (tertiary/aromatic N) is 2. The van der Waals surface area contributed by atoms with Crippen molar-refractivity contribution >= 4 is 29.4 Å². The molecule has 0 fully saturated rings. The minimum Gasteiger partial charge on any atom is -0.508 e. The average Bonchev–Trinajstić information content (AvgIpc) is 2.48. The van der Waals surface area contributed by atoms with Crippen molar-refractivity contribution in [3.05, 3.63) is 68.7 Å². The first-order chi connectivity index (χ1) is 10.5. The minimum absolute atomic E-state index is 0.0194. The Morgan fingerprint density at radius 3 is 2.77 bits per heavy atom. The fourth-order valence-corrected chi connectivity index (χ4v) is 1.81. The van der Waals surface area contributed by atoms with Crippen LogP contribution in [0.4, 0.5) is 5.69 Å². The maximum Gasteiger partial charge on any atom is 0.288 e. The molecule has 8 heteroatoms. The summed E-state index contributed by atoms with van der Waals surface area (Å²) in [6.45, 7) is 0. The third kappa shape index (κ3) is 3.80. The Balaban J connectivity index is 2.08. The number of benzene rings is 2. The number of hydrazone groups is 1. The van der Waals surface area contributed by atoms with Crippen LogP contribution in [0.5, 0.6) is 5.75 Å². The molecule has 2 aromatic carbocycles. The number of hydrogen-bond donors (Lipinski definition) is 2. The fourth-order valence-electron chi connectivity index (χ4n) is 1.63. The first-order valence-electron chi connectivity index (χ1n) is 6.04. The first-order valence-corrected chi connectivity index (χ1v) is 6.41. The maximum absolute atomic E-state index is 11.8. The molecule has 0 radical (unpaired) electrons.